The number of halogens is 1. The fraction of sp³-hybridized carbons (Fsp3) is 0.0526. The Morgan fingerprint density at radius 3 is 2.58 bits per heavy atom. The molecule has 2 aromatic carbocycles. The SMILES string of the molecule is O=C(COC(=O)c1ccc(NS(=O)(=O)c2cccs2)cc1O)Nc1cc([N+](=O)[O-])ccc1F. The first kappa shape index (κ1) is 23.6. The molecule has 11 nitrogen and oxygen atoms in total. The minimum Gasteiger partial charge on any atom is -0.507 e. The highest BCUT2D eigenvalue weighted by Gasteiger charge is 2.19. The van der Waals surface area contributed by atoms with Crippen molar-refractivity contribution in [3.63, 3.8) is 0 Å². The van der Waals surface area contributed by atoms with Crippen LogP contribution in [0.25, 0.3) is 0 Å². The molecular weight excluding hydrogens is 481 g/mol. The zero-order chi connectivity index (χ0) is 24.2. The van der Waals surface area contributed by atoms with Crippen LogP contribution < -0.4 is 10.0 Å². The fourth-order valence-corrected chi connectivity index (χ4v) is 4.55. The maximum Gasteiger partial charge on any atom is 0.342 e. The average Bonchev–Trinajstić information content (AvgIpc) is 3.29. The van der Waals surface area contributed by atoms with E-state index < -0.39 is 56.4 Å². The number of aromatic hydroxyl groups is 1. The number of nitro benzene ring substituents is 1. The van der Waals surface area contributed by atoms with Gasteiger partial charge in [0.05, 0.1) is 16.3 Å². The van der Waals surface area contributed by atoms with Gasteiger partial charge in [0.15, 0.2) is 6.61 Å². The summed E-state index contributed by atoms with van der Waals surface area (Å²) >= 11 is 0.992. The Balaban J connectivity index is 1.62. The lowest BCUT2D eigenvalue weighted by atomic mass is 10.2. The molecule has 0 unspecified atom stereocenters. The number of nitro groups is 1. The summed E-state index contributed by atoms with van der Waals surface area (Å²) in [6.45, 7) is -0.882. The predicted octanol–water partition coefficient (Wildman–Crippen LogP) is 3.10. The van der Waals surface area contributed by atoms with E-state index >= 15 is 0 Å². The second-order valence-corrected chi connectivity index (χ2v) is 9.17. The van der Waals surface area contributed by atoms with Crippen molar-refractivity contribution in [3.8, 4) is 5.75 Å². The van der Waals surface area contributed by atoms with Crippen LogP contribution in [-0.4, -0.2) is 36.9 Å². The first-order chi connectivity index (χ1) is 15.6. The molecular formula is C19H14FN3O8S2. The Morgan fingerprint density at radius 2 is 1.94 bits per heavy atom. The Morgan fingerprint density at radius 1 is 1.18 bits per heavy atom. The minimum atomic E-state index is -3.87. The van der Waals surface area contributed by atoms with Gasteiger partial charge in [-0.3, -0.25) is 19.6 Å². The van der Waals surface area contributed by atoms with Gasteiger partial charge in [-0.15, -0.1) is 11.3 Å². The van der Waals surface area contributed by atoms with Crippen LogP contribution in [0.1, 0.15) is 10.4 Å². The summed E-state index contributed by atoms with van der Waals surface area (Å²) in [4.78, 5) is 34.1. The average molecular weight is 495 g/mol. The standard InChI is InChI=1S/C19H14FN3O8S2/c20-14-6-4-12(23(27)28)9-15(14)21-17(25)10-31-19(26)13-5-3-11(8-16(13)24)22-33(29,30)18-2-1-7-32-18/h1-9,22,24H,10H2,(H,21,25). The molecule has 0 fully saturated rings. The second-order valence-electron chi connectivity index (χ2n) is 6.32. The van der Waals surface area contributed by atoms with Crippen molar-refractivity contribution >= 4 is 50.3 Å². The number of benzene rings is 2. The molecule has 33 heavy (non-hydrogen) atoms. The number of amides is 1. The largest absolute Gasteiger partial charge is 0.507 e. The Labute approximate surface area is 189 Å². The van der Waals surface area contributed by atoms with Crippen molar-refractivity contribution in [2.24, 2.45) is 0 Å². The van der Waals surface area contributed by atoms with E-state index in [0.29, 0.717) is 0 Å². The summed E-state index contributed by atoms with van der Waals surface area (Å²) in [7, 11) is -3.87. The van der Waals surface area contributed by atoms with E-state index in [-0.39, 0.29) is 15.5 Å². The number of hydrogen-bond donors (Lipinski definition) is 3. The molecule has 172 valence electrons. The van der Waals surface area contributed by atoms with Gasteiger partial charge in [0.25, 0.3) is 21.6 Å². The van der Waals surface area contributed by atoms with E-state index in [1.54, 1.807) is 11.4 Å². The van der Waals surface area contributed by atoms with Crippen molar-refractivity contribution in [2.45, 2.75) is 4.21 Å². The number of phenols is 1. The van der Waals surface area contributed by atoms with Crippen molar-refractivity contribution in [1.82, 2.24) is 0 Å². The number of carbonyl (C=O) groups excluding carboxylic acids is 2. The summed E-state index contributed by atoms with van der Waals surface area (Å²) in [5, 5.41) is 24.4. The van der Waals surface area contributed by atoms with E-state index in [4.69, 9.17) is 4.74 Å². The first-order valence-electron chi connectivity index (χ1n) is 8.87. The smallest absolute Gasteiger partial charge is 0.342 e. The molecule has 1 aromatic heterocycles. The van der Waals surface area contributed by atoms with Gasteiger partial charge in [0.2, 0.25) is 0 Å². The van der Waals surface area contributed by atoms with Crippen LogP contribution in [0, 0.1) is 15.9 Å². The number of anilines is 2. The number of ether oxygens (including phenoxy) is 1. The molecule has 14 heteroatoms. The number of esters is 1. The van der Waals surface area contributed by atoms with Crippen LogP contribution in [-0.2, 0) is 19.6 Å². The van der Waals surface area contributed by atoms with E-state index in [9.17, 15) is 37.6 Å². The highest BCUT2D eigenvalue weighted by molar-refractivity contribution is 7.94. The number of nitrogens with zero attached hydrogens (tertiary/aromatic N) is 1. The van der Waals surface area contributed by atoms with E-state index in [2.05, 4.69) is 4.72 Å². The number of hydrogen-bond acceptors (Lipinski definition) is 9. The molecule has 0 saturated heterocycles. The lowest BCUT2D eigenvalue weighted by Crippen LogP contribution is -2.21. The quantitative estimate of drug-likeness (QED) is 0.244. The number of sulfonamides is 1. The van der Waals surface area contributed by atoms with Crippen molar-refractivity contribution in [1.29, 1.82) is 0 Å². The van der Waals surface area contributed by atoms with Gasteiger partial charge < -0.3 is 15.2 Å². The van der Waals surface area contributed by atoms with Crippen LogP contribution in [0.4, 0.5) is 21.5 Å². The third-order valence-corrected chi connectivity index (χ3v) is 6.78. The zero-order valence-corrected chi connectivity index (χ0v) is 18.0. The van der Waals surface area contributed by atoms with Gasteiger partial charge in [0, 0.05) is 18.2 Å². The molecule has 0 aliphatic heterocycles. The van der Waals surface area contributed by atoms with Gasteiger partial charge in [-0.1, -0.05) is 6.07 Å². The maximum absolute atomic E-state index is 13.7. The molecule has 3 N–H and O–H groups in total. The van der Waals surface area contributed by atoms with Gasteiger partial charge in [-0.05, 0) is 29.6 Å². The number of thiophene rings is 1. The molecule has 1 heterocycles. The fourth-order valence-electron chi connectivity index (χ4n) is 2.51. The van der Waals surface area contributed by atoms with Gasteiger partial charge >= 0.3 is 5.97 Å². The minimum absolute atomic E-state index is 0.0173. The topological polar surface area (TPSA) is 165 Å². The van der Waals surface area contributed by atoms with Crippen LogP contribution in [0.2, 0.25) is 0 Å². The Hall–Kier alpha value is -4.04. The van der Waals surface area contributed by atoms with Gasteiger partial charge in [-0.2, -0.15) is 0 Å². The number of carbonyl (C=O) groups is 2. The third-order valence-electron chi connectivity index (χ3n) is 4.00. The molecule has 1 amide bonds. The molecule has 0 aliphatic rings. The first-order valence-corrected chi connectivity index (χ1v) is 11.2. The number of non-ortho nitro benzene ring substituents is 1. The van der Waals surface area contributed by atoms with Gasteiger partial charge in [0.1, 0.15) is 21.3 Å². The normalized spacial score (nSPS) is 10.9. The van der Waals surface area contributed by atoms with E-state index in [0.717, 1.165) is 41.7 Å². The van der Waals surface area contributed by atoms with Crippen LogP contribution in [0.3, 0.4) is 0 Å². The summed E-state index contributed by atoms with van der Waals surface area (Å²) in [6.07, 6.45) is 0. The summed E-state index contributed by atoms with van der Waals surface area (Å²) in [6, 6.07) is 8.74. The Bertz CT molecular complexity index is 1330. The van der Waals surface area contributed by atoms with E-state index in [1.807, 2.05) is 5.32 Å². The highest BCUT2D eigenvalue weighted by Crippen LogP contribution is 2.26. The third kappa shape index (κ3) is 5.81. The van der Waals surface area contributed by atoms with Crippen molar-refractivity contribution < 1.29 is 37.2 Å². The number of nitrogens with one attached hydrogen (secondary N) is 2. The zero-order valence-electron chi connectivity index (χ0n) is 16.3. The number of phenolic OH excluding ortho intramolecular Hbond substituents is 1. The molecule has 3 rings (SSSR count). The van der Waals surface area contributed by atoms with Crippen molar-refractivity contribution in [3.05, 3.63) is 75.4 Å². The summed E-state index contributed by atoms with van der Waals surface area (Å²) < 4.78 is 45.2. The molecule has 0 spiro atoms. The summed E-state index contributed by atoms with van der Waals surface area (Å²) in [5.41, 5.74) is -1.31. The molecule has 0 bridgehead atoms. The summed E-state index contributed by atoms with van der Waals surface area (Å²) in [5.74, 6) is -3.65. The monoisotopic (exact) mass is 495 g/mol. The number of rotatable bonds is 8. The molecule has 0 aliphatic carbocycles. The molecule has 0 radical (unpaired) electrons. The second kappa shape index (κ2) is 9.62. The van der Waals surface area contributed by atoms with Crippen LogP contribution in [0.5, 0.6) is 5.75 Å². The van der Waals surface area contributed by atoms with Crippen molar-refractivity contribution in [2.75, 3.05) is 16.6 Å². The maximum atomic E-state index is 13.7. The molecule has 0 saturated carbocycles. The van der Waals surface area contributed by atoms with Crippen LogP contribution >= 0.6 is 11.3 Å². The molecule has 0 atom stereocenters. The highest BCUT2D eigenvalue weighted by atomic mass is 32.2. The van der Waals surface area contributed by atoms with E-state index in [1.165, 1.54) is 12.1 Å². The lowest BCUT2D eigenvalue weighted by Gasteiger charge is -2.10. The van der Waals surface area contributed by atoms with Crippen LogP contribution in [0.15, 0.2) is 58.1 Å². The molecule has 3 aromatic rings. The Kier molecular flexibility index (Phi) is 6.89. The van der Waals surface area contributed by atoms with Gasteiger partial charge in [-0.25, -0.2) is 17.6 Å². The lowest BCUT2D eigenvalue weighted by molar-refractivity contribution is -0.384. The predicted molar refractivity (Wildman–Crippen MR) is 115 cm³/mol.